The molecule has 0 aliphatic rings. The minimum Gasteiger partial charge on any atom is -0.307 e. The fourth-order valence-corrected chi connectivity index (χ4v) is 2.92. The summed E-state index contributed by atoms with van der Waals surface area (Å²) in [4.78, 5) is 19.2. The molecule has 1 N–H and O–H groups in total. The van der Waals surface area contributed by atoms with E-state index in [2.05, 4.69) is 34.3 Å². The molecule has 0 aliphatic carbocycles. The maximum atomic E-state index is 12.5. The molecule has 27 heavy (non-hydrogen) atoms. The van der Waals surface area contributed by atoms with Crippen molar-refractivity contribution in [3.63, 3.8) is 0 Å². The van der Waals surface area contributed by atoms with Crippen LogP contribution in [-0.2, 0) is 20.0 Å². The highest BCUT2D eigenvalue weighted by atomic mass is 16.1. The van der Waals surface area contributed by atoms with Gasteiger partial charge in [-0.3, -0.25) is 19.4 Å². The Hall–Kier alpha value is -2.99. The number of anilines is 1. The number of amides is 1. The molecule has 0 saturated carbocycles. The molecule has 6 heteroatoms. The standard InChI is InChI=1S/C21H25N5O/c1-16(13-19-9-4-5-11-22-19)25(2)15-17-7-6-8-18(14-17)21(27)24-20-10-12-23-26(20)3/h4-12,14,16H,13,15H2,1-3H3,(H,24,27)/t16-/m0/s1. The lowest BCUT2D eigenvalue weighted by atomic mass is 10.1. The van der Waals surface area contributed by atoms with Crippen molar-refractivity contribution in [3.05, 3.63) is 77.7 Å². The van der Waals surface area contributed by atoms with E-state index in [0.717, 1.165) is 24.2 Å². The van der Waals surface area contributed by atoms with E-state index in [0.29, 0.717) is 17.4 Å². The summed E-state index contributed by atoms with van der Waals surface area (Å²) in [7, 11) is 3.89. The Morgan fingerprint density at radius 2 is 2.04 bits per heavy atom. The van der Waals surface area contributed by atoms with E-state index < -0.39 is 0 Å². The number of benzene rings is 1. The van der Waals surface area contributed by atoms with Crippen LogP contribution in [0.4, 0.5) is 5.82 Å². The van der Waals surface area contributed by atoms with Gasteiger partial charge in [-0.25, -0.2) is 0 Å². The summed E-state index contributed by atoms with van der Waals surface area (Å²) in [5.74, 6) is 0.538. The lowest BCUT2D eigenvalue weighted by Gasteiger charge is -2.24. The lowest BCUT2D eigenvalue weighted by molar-refractivity contribution is 0.102. The SMILES string of the molecule is C[C@@H](Cc1ccccn1)N(C)Cc1cccc(C(=O)Nc2ccnn2C)c1. The van der Waals surface area contributed by atoms with Gasteiger partial charge in [0.2, 0.25) is 0 Å². The van der Waals surface area contributed by atoms with Crippen molar-refractivity contribution in [2.75, 3.05) is 12.4 Å². The van der Waals surface area contributed by atoms with Crippen molar-refractivity contribution in [1.29, 1.82) is 0 Å². The van der Waals surface area contributed by atoms with Gasteiger partial charge >= 0.3 is 0 Å². The van der Waals surface area contributed by atoms with Crippen molar-refractivity contribution >= 4 is 11.7 Å². The average Bonchev–Trinajstić information content (AvgIpc) is 3.07. The Kier molecular flexibility index (Phi) is 5.98. The zero-order valence-electron chi connectivity index (χ0n) is 16.0. The first kappa shape index (κ1) is 18.8. The quantitative estimate of drug-likeness (QED) is 0.700. The maximum absolute atomic E-state index is 12.5. The van der Waals surface area contributed by atoms with Crippen LogP contribution in [0.5, 0.6) is 0 Å². The summed E-state index contributed by atoms with van der Waals surface area (Å²) in [5.41, 5.74) is 2.82. The van der Waals surface area contributed by atoms with E-state index in [-0.39, 0.29) is 5.91 Å². The Labute approximate surface area is 159 Å². The maximum Gasteiger partial charge on any atom is 0.256 e. The molecule has 0 saturated heterocycles. The molecule has 2 heterocycles. The number of carbonyl (C=O) groups is 1. The molecule has 0 bridgehead atoms. The summed E-state index contributed by atoms with van der Waals surface area (Å²) in [5, 5.41) is 6.95. The van der Waals surface area contributed by atoms with Crippen LogP contribution >= 0.6 is 0 Å². The molecule has 1 amide bonds. The van der Waals surface area contributed by atoms with Crippen LogP contribution in [0.2, 0.25) is 0 Å². The van der Waals surface area contributed by atoms with Crippen LogP contribution in [0.3, 0.4) is 0 Å². The number of aromatic nitrogens is 3. The topological polar surface area (TPSA) is 63.1 Å². The van der Waals surface area contributed by atoms with Crippen molar-refractivity contribution in [3.8, 4) is 0 Å². The summed E-state index contributed by atoms with van der Waals surface area (Å²) >= 11 is 0. The van der Waals surface area contributed by atoms with Gasteiger partial charge < -0.3 is 5.32 Å². The Balaban J connectivity index is 1.62. The minimum absolute atomic E-state index is 0.135. The number of rotatable bonds is 7. The second-order valence-electron chi connectivity index (χ2n) is 6.78. The van der Waals surface area contributed by atoms with Gasteiger partial charge in [0, 0.05) is 49.6 Å². The summed E-state index contributed by atoms with van der Waals surface area (Å²) in [6.45, 7) is 2.95. The van der Waals surface area contributed by atoms with Crippen LogP contribution < -0.4 is 5.32 Å². The van der Waals surface area contributed by atoms with Crippen LogP contribution in [0.15, 0.2) is 60.9 Å². The van der Waals surface area contributed by atoms with E-state index in [9.17, 15) is 4.79 Å². The predicted octanol–water partition coefficient (Wildman–Crippen LogP) is 3.13. The Morgan fingerprint density at radius 3 is 2.74 bits per heavy atom. The van der Waals surface area contributed by atoms with E-state index >= 15 is 0 Å². The van der Waals surface area contributed by atoms with Crippen molar-refractivity contribution in [2.24, 2.45) is 7.05 Å². The normalized spacial score (nSPS) is 12.1. The molecule has 0 spiro atoms. The second kappa shape index (κ2) is 8.60. The van der Waals surface area contributed by atoms with Gasteiger partial charge in [-0.05, 0) is 43.8 Å². The number of pyridine rings is 1. The largest absolute Gasteiger partial charge is 0.307 e. The third-order valence-corrected chi connectivity index (χ3v) is 4.67. The molecule has 3 aromatic rings. The molecule has 0 unspecified atom stereocenters. The molecule has 0 aliphatic heterocycles. The first-order chi connectivity index (χ1) is 13.0. The van der Waals surface area contributed by atoms with Crippen LogP contribution in [-0.4, -0.2) is 38.7 Å². The van der Waals surface area contributed by atoms with E-state index in [1.807, 2.05) is 48.7 Å². The van der Waals surface area contributed by atoms with Gasteiger partial charge in [-0.1, -0.05) is 18.2 Å². The molecule has 140 valence electrons. The molecule has 1 atom stereocenters. The molecular weight excluding hydrogens is 338 g/mol. The lowest BCUT2D eigenvalue weighted by Crippen LogP contribution is -2.30. The van der Waals surface area contributed by atoms with E-state index in [1.165, 1.54) is 0 Å². The first-order valence-electron chi connectivity index (χ1n) is 9.01. The third-order valence-electron chi connectivity index (χ3n) is 4.67. The average molecular weight is 363 g/mol. The van der Waals surface area contributed by atoms with Crippen LogP contribution in [0.25, 0.3) is 0 Å². The number of likely N-dealkylation sites (N-methyl/N-ethyl adjacent to an activating group) is 1. The number of carbonyl (C=O) groups excluding carboxylic acids is 1. The molecule has 6 nitrogen and oxygen atoms in total. The third kappa shape index (κ3) is 5.01. The van der Waals surface area contributed by atoms with Crippen LogP contribution in [0, 0.1) is 0 Å². The van der Waals surface area contributed by atoms with Crippen molar-refractivity contribution in [2.45, 2.75) is 25.9 Å². The predicted molar refractivity (Wildman–Crippen MR) is 106 cm³/mol. The highest BCUT2D eigenvalue weighted by molar-refractivity contribution is 6.03. The first-order valence-corrected chi connectivity index (χ1v) is 9.01. The van der Waals surface area contributed by atoms with Gasteiger partial charge in [0.05, 0.1) is 6.20 Å². The van der Waals surface area contributed by atoms with Gasteiger partial charge in [-0.2, -0.15) is 5.10 Å². The van der Waals surface area contributed by atoms with Gasteiger partial charge in [0.1, 0.15) is 5.82 Å². The summed E-state index contributed by atoms with van der Waals surface area (Å²) in [6, 6.07) is 15.8. The number of nitrogens with zero attached hydrogens (tertiary/aromatic N) is 4. The molecule has 2 aromatic heterocycles. The number of nitrogens with one attached hydrogen (secondary N) is 1. The zero-order chi connectivity index (χ0) is 19.2. The highest BCUT2D eigenvalue weighted by Crippen LogP contribution is 2.13. The molecule has 0 fully saturated rings. The summed E-state index contributed by atoms with van der Waals surface area (Å²) < 4.78 is 1.63. The number of hydrogen-bond acceptors (Lipinski definition) is 4. The molecule has 1 aromatic carbocycles. The van der Waals surface area contributed by atoms with E-state index in [4.69, 9.17) is 0 Å². The smallest absolute Gasteiger partial charge is 0.256 e. The van der Waals surface area contributed by atoms with Crippen LogP contribution in [0.1, 0.15) is 28.5 Å². The minimum atomic E-state index is -0.135. The Morgan fingerprint density at radius 1 is 1.19 bits per heavy atom. The second-order valence-corrected chi connectivity index (χ2v) is 6.78. The number of aryl methyl sites for hydroxylation is 1. The zero-order valence-corrected chi connectivity index (χ0v) is 16.0. The molecule has 0 radical (unpaired) electrons. The van der Waals surface area contributed by atoms with Gasteiger partial charge in [-0.15, -0.1) is 0 Å². The fourth-order valence-electron chi connectivity index (χ4n) is 2.92. The van der Waals surface area contributed by atoms with E-state index in [1.54, 1.807) is 24.0 Å². The molecular formula is C21H25N5O. The fraction of sp³-hybridized carbons (Fsp3) is 0.286. The van der Waals surface area contributed by atoms with Gasteiger partial charge in [0.25, 0.3) is 5.91 Å². The molecule has 3 rings (SSSR count). The summed E-state index contributed by atoms with van der Waals surface area (Å²) in [6.07, 6.45) is 4.37. The Bertz CT molecular complexity index is 890. The number of hydrogen-bond donors (Lipinski definition) is 1. The highest BCUT2D eigenvalue weighted by Gasteiger charge is 2.13. The van der Waals surface area contributed by atoms with Gasteiger partial charge in [0.15, 0.2) is 0 Å². The van der Waals surface area contributed by atoms with Crippen molar-refractivity contribution in [1.82, 2.24) is 19.7 Å². The monoisotopic (exact) mass is 363 g/mol. The van der Waals surface area contributed by atoms with Crippen molar-refractivity contribution < 1.29 is 4.79 Å².